The summed E-state index contributed by atoms with van der Waals surface area (Å²) in [5, 5.41) is 3.18. The van der Waals surface area contributed by atoms with E-state index in [-0.39, 0.29) is 5.69 Å². The number of nitrogens with one attached hydrogen (secondary N) is 1. The van der Waals surface area contributed by atoms with Crippen LogP contribution in [0.3, 0.4) is 0 Å². The average Bonchev–Trinajstić information content (AvgIpc) is 2.88. The monoisotopic (exact) mass is 248 g/mol. The minimum atomic E-state index is -0.544. The number of hydrogen-bond acceptors (Lipinski definition) is 4. The van der Waals surface area contributed by atoms with Crippen molar-refractivity contribution < 1.29 is 4.79 Å². The molecular formula is C13H20N4O. The highest BCUT2D eigenvalue weighted by Gasteiger charge is 2.13. The van der Waals surface area contributed by atoms with Crippen LogP contribution >= 0.6 is 0 Å². The Morgan fingerprint density at radius 1 is 1.39 bits per heavy atom. The molecule has 5 nitrogen and oxygen atoms in total. The maximum atomic E-state index is 10.9. The number of primary amides is 1. The fourth-order valence-electron chi connectivity index (χ4n) is 2.48. The molecule has 5 heteroatoms. The van der Waals surface area contributed by atoms with Gasteiger partial charge in [-0.1, -0.05) is 25.7 Å². The van der Waals surface area contributed by atoms with Crippen molar-refractivity contribution in [2.45, 2.75) is 38.5 Å². The normalized spacial score (nSPS) is 15.8. The number of aromatic nitrogens is 2. The van der Waals surface area contributed by atoms with E-state index in [2.05, 4.69) is 15.3 Å². The molecule has 0 unspecified atom stereocenters. The van der Waals surface area contributed by atoms with Gasteiger partial charge in [-0.25, -0.2) is 4.98 Å². The molecule has 0 atom stereocenters. The third-order valence-electron chi connectivity index (χ3n) is 3.46. The Hall–Kier alpha value is -1.65. The highest BCUT2D eigenvalue weighted by molar-refractivity contribution is 5.90. The van der Waals surface area contributed by atoms with Gasteiger partial charge in [0.05, 0.1) is 12.4 Å². The SMILES string of the molecule is NC(=O)c1cncc(NCCCC2CCCC2)n1. The third kappa shape index (κ3) is 3.68. The van der Waals surface area contributed by atoms with Gasteiger partial charge in [0.2, 0.25) is 0 Å². The van der Waals surface area contributed by atoms with Crippen LogP contribution in [0.5, 0.6) is 0 Å². The molecule has 1 fully saturated rings. The molecule has 2 rings (SSSR count). The Kier molecular flexibility index (Phi) is 4.50. The molecule has 1 saturated carbocycles. The van der Waals surface area contributed by atoms with E-state index in [4.69, 9.17) is 5.73 Å². The summed E-state index contributed by atoms with van der Waals surface area (Å²) in [6.07, 6.45) is 11.0. The quantitative estimate of drug-likeness (QED) is 0.754. The highest BCUT2D eigenvalue weighted by Crippen LogP contribution is 2.28. The number of anilines is 1. The number of carbonyl (C=O) groups is 1. The Morgan fingerprint density at radius 2 is 2.17 bits per heavy atom. The van der Waals surface area contributed by atoms with Gasteiger partial charge < -0.3 is 11.1 Å². The van der Waals surface area contributed by atoms with Gasteiger partial charge in [-0.15, -0.1) is 0 Å². The molecular weight excluding hydrogens is 228 g/mol. The maximum Gasteiger partial charge on any atom is 0.268 e. The first-order valence-electron chi connectivity index (χ1n) is 6.61. The molecule has 1 aromatic rings. The topological polar surface area (TPSA) is 80.9 Å². The van der Waals surface area contributed by atoms with Crippen LogP contribution in [0.2, 0.25) is 0 Å². The number of amides is 1. The Labute approximate surface area is 107 Å². The third-order valence-corrected chi connectivity index (χ3v) is 3.46. The van der Waals surface area contributed by atoms with Crippen LogP contribution < -0.4 is 11.1 Å². The summed E-state index contributed by atoms with van der Waals surface area (Å²) in [5.74, 6) is 0.990. The van der Waals surface area contributed by atoms with Crippen molar-refractivity contribution in [2.24, 2.45) is 11.7 Å². The van der Waals surface area contributed by atoms with E-state index in [1.165, 1.54) is 38.3 Å². The fraction of sp³-hybridized carbons (Fsp3) is 0.615. The lowest BCUT2D eigenvalue weighted by molar-refractivity contribution is 0.0995. The first-order chi connectivity index (χ1) is 8.75. The van der Waals surface area contributed by atoms with E-state index in [9.17, 15) is 4.79 Å². The zero-order chi connectivity index (χ0) is 12.8. The maximum absolute atomic E-state index is 10.9. The van der Waals surface area contributed by atoms with E-state index in [1.54, 1.807) is 6.20 Å². The van der Waals surface area contributed by atoms with E-state index in [0.29, 0.717) is 5.82 Å². The Balaban J connectivity index is 1.72. The second kappa shape index (κ2) is 6.33. The molecule has 98 valence electrons. The summed E-state index contributed by atoms with van der Waals surface area (Å²) < 4.78 is 0. The fourth-order valence-corrected chi connectivity index (χ4v) is 2.48. The standard InChI is InChI=1S/C13H20N4O/c14-13(18)11-8-15-9-12(17-11)16-7-3-6-10-4-1-2-5-10/h8-10H,1-7H2,(H2,14,18)(H,16,17). The second-order valence-electron chi connectivity index (χ2n) is 4.87. The van der Waals surface area contributed by atoms with Gasteiger partial charge in [0.1, 0.15) is 11.5 Å². The smallest absolute Gasteiger partial charge is 0.268 e. The number of nitrogens with zero attached hydrogens (tertiary/aromatic N) is 2. The van der Waals surface area contributed by atoms with Crippen LogP contribution in [0.1, 0.15) is 49.0 Å². The minimum Gasteiger partial charge on any atom is -0.369 e. The number of rotatable bonds is 6. The lowest BCUT2D eigenvalue weighted by Gasteiger charge is -2.09. The molecule has 0 saturated heterocycles. The zero-order valence-electron chi connectivity index (χ0n) is 10.6. The van der Waals surface area contributed by atoms with Crippen molar-refractivity contribution in [2.75, 3.05) is 11.9 Å². The van der Waals surface area contributed by atoms with Gasteiger partial charge >= 0.3 is 0 Å². The van der Waals surface area contributed by atoms with Crippen LogP contribution in [-0.4, -0.2) is 22.4 Å². The molecule has 18 heavy (non-hydrogen) atoms. The summed E-state index contributed by atoms with van der Waals surface area (Å²) >= 11 is 0. The molecule has 0 spiro atoms. The highest BCUT2D eigenvalue weighted by atomic mass is 16.1. The van der Waals surface area contributed by atoms with Crippen molar-refractivity contribution in [3.05, 3.63) is 18.1 Å². The molecule has 1 heterocycles. The average molecular weight is 248 g/mol. The van der Waals surface area contributed by atoms with Crippen molar-refractivity contribution in [3.8, 4) is 0 Å². The molecule has 0 bridgehead atoms. The van der Waals surface area contributed by atoms with Crippen molar-refractivity contribution in [1.82, 2.24) is 9.97 Å². The Bertz CT molecular complexity index is 402. The molecule has 1 amide bonds. The summed E-state index contributed by atoms with van der Waals surface area (Å²) in [5.41, 5.74) is 5.36. The van der Waals surface area contributed by atoms with Gasteiger partial charge in [0, 0.05) is 6.54 Å². The predicted octanol–water partition coefficient (Wildman–Crippen LogP) is 1.96. The predicted molar refractivity (Wildman–Crippen MR) is 70.2 cm³/mol. The van der Waals surface area contributed by atoms with Gasteiger partial charge in [0.25, 0.3) is 5.91 Å². The van der Waals surface area contributed by atoms with Crippen LogP contribution in [0.4, 0.5) is 5.82 Å². The summed E-state index contributed by atoms with van der Waals surface area (Å²) in [6.45, 7) is 0.868. The lowest BCUT2D eigenvalue weighted by Crippen LogP contribution is -2.15. The summed E-state index contributed by atoms with van der Waals surface area (Å²) in [4.78, 5) is 19.0. The summed E-state index contributed by atoms with van der Waals surface area (Å²) in [7, 11) is 0. The van der Waals surface area contributed by atoms with E-state index in [1.807, 2.05) is 0 Å². The van der Waals surface area contributed by atoms with Crippen LogP contribution in [0.25, 0.3) is 0 Å². The van der Waals surface area contributed by atoms with Gasteiger partial charge in [-0.2, -0.15) is 0 Å². The number of hydrogen-bond donors (Lipinski definition) is 2. The molecule has 1 aromatic heterocycles. The Morgan fingerprint density at radius 3 is 2.89 bits per heavy atom. The largest absolute Gasteiger partial charge is 0.369 e. The van der Waals surface area contributed by atoms with Crippen molar-refractivity contribution in [1.29, 1.82) is 0 Å². The lowest BCUT2D eigenvalue weighted by atomic mass is 10.0. The van der Waals surface area contributed by atoms with Crippen molar-refractivity contribution in [3.63, 3.8) is 0 Å². The van der Waals surface area contributed by atoms with Gasteiger partial charge in [0.15, 0.2) is 0 Å². The van der Waals surface area contributed by atoms with Gasteiger partial charge in [-0.3, -0.25) is 9.78 Å². The molecule has 0 radical (unpaired) electrons. The number of carbonyl (C=O) groups excluding carboxylic acids is 1. The molecule has 1 aliphatic rings. The minimum absolute atomic E-state index is 0.204. The molecule has 0 aliphatic heterocycles. The molecule has 0 aromatic carbocycles. The number of nitrogens with two attached hydrogens (primary N) is 1. The van der Waals surface area contributed by atoms with Crippen LogP contribution in [0.15, 0.2) is 12.4 Å². The second-order valence-corrected chi connectivity index (χ2v) is 4.87. The molecule has 1 aliphatic carbocycles. The van der Waals surface area contributed by atoms with Crippen LogP contribution in [-0.2, 0) is 0 Å². The van der Waals surface area contributed by atoms with E-state index >= 15 is 0 Å². The zero-order valence-corrected chi connectivity index (χ0v) is 10.6. The molecule has 3 N–H and O–H groups in total. The van der Waals surface area contributed by atoms with Crippen LogP contribution in [0, 0.1) is 5.92 Å². The first-order valence-corrected chi connectivity index (χ1v) is 6.61. The van der Waals surface area contributed by atoms with E-state index in [0.717, 1.165) is 18.9 Å². The van der Waals surface area contributed by atoms with E-state index < -0.39 is 5.91 Å². The first kappa shape index (κ1) is 12.8. The van der Waals surface area contributed by atoms with Crippen molar-refractivity contribution >= 4 is 11.7 Å². The summed E-state index contributed by atoms with van der Waals surface area (Å²) in [6, 6.07) is 0. The van der Waals surface area contributed by atoms with Gasteiger partial charge in [-0.05, 0) is 18.8 Å².